The van der Waals surface area contributed by atoms with E-state index in [-0.39, 0.29) is 91.1 Å². The first-order chi connectivity index (χ1) is 14.8. The normalized spacial score (nSPS) is 11.8. The predicted molar refractivity (Wildman–Crippen MR) is 123 cm³/mol. The molecule has 34 heavy (non-hydrogen) atoms. The molecule has 0 bridgehead atoms. The van der Waals surface area contributed by atoms with Crippen molar-refractivity contribution in [3.8, 4) is 21.3 Å². The summed E-state index contributed by atoms with van der Waals surface area (Å²) in [6.07, 6.45) is 0. The van der Waals surface area contributed by atoms with Crippen LogP contribution in [0.3, 0.4) is 0 Å². The number of thiophene rings is 2. The summed E-state index contributed by atoms with van der Waals surface area (Å²) in [5.41, 5.74) is 1.18. The molecule has 2 aromatic carbocycles. The van der Waals surface area contributed by atoms with Crippen molar-refractivity contribution in [2.24, 2.45) is 0 Å². The van der Waals surface area contributed by atoms with E-state index in [1.165, 1.54) is 24.3 Å². The van der Waals surface area contributed by atoms with Gasteiger partial charge in [0, 0.05) is 30.2 Å². The molecule has 0 N–H and O–H groups in total. The quantitative estimate of drug-likeness (QED) is 0.169. The van der Waals surface area contributed by atoms with E-state index < -0.39 is 20.8 Å². The fraction of sp³-hybridized carbons (Fsp3) is 0.111. The van der Waals surface area contributed by atoms with Gasteiger partial charge in [-0.1, -0.05) is 23.2 Å². The maximum Gasteiger partial charge on any atom is 1.00 e. The smallest absolute Gasteiger partial charge is 0.716 e. The molecule has 0 radical (unpaired) electrons. The predicted octanol–water partition coefficient (Wildman–Crippen LogP) is -0.607. The first-order valence-electron chi connectivity index (χ1n) is 8.51. The van der Waals surface area contributed by atoms with E-state index in [4.69, 9.17) is 31.6 Å². The Morgan fingerprint density at radius 2 is 1.03 bits per heavy atom. The molecule has 0 unspecified atom stereocenters. The van der Waals surface area contributed by atoms with Crippen molar-refractivity contribution < 1.29 is 93.4 Å². The Kier molecular flexibility index (Phi) is 9.89. The summed E-state index contributed by atoms with van der Waals surface area (Å²) in [4.78, 5) is 0.167. The van der Waals surface area contributed by atoms with Crippen molar-refractivity contribution in [3.05, 3.63) is 45.4 Å². The van der Waals surface area contributed by atoms with Crippen LogP contribution in [0.15, 0.2) is 24.3 Å². The van der Waals surface area contributed by atoms with Crippen molar-refractivity contribution in [3.63, 3.8) is 0 Å². The van der Waals surface area contributed by atoms with Crippen LogP contribution in [0, 0.1) is 13.8 Å². The third-order valence-corrected chi connectivity index (χ3v) is 8.90. The Labute approximate surface area is 257 Å². The largest absolute Gasteiger partial charge is 1.00 e. The molecule has 0 aliphatic carbocycles. The Hall–Kier alpha value is 0.360. The molecular formula is C18H10Cl2Na2O8S4. The molecule has 4 aromatic rings. The van der Waals surface area contributed by atoms with E-state index in [0.717, 1.165) is 22.7 Å². The zero-order chi connectivity index (χ0) is 23.6. The summed E-state index contributed by atoms with van der Waals surface area (Å²) in [5.74, 6) is -0.633. The number of benzene rings is 2. The zero-order valence-electron chi connectivity index (χ0n) is 18.0. The van der Waals surface area contributed by atoms with Crippen LogP contribution in [0.25, 0.3) is 29.9 Å². The van der Waals surface area contributed by atoms with Gasteiger partial charge >= 0.3 is 59.1 Å². The summed E-state index contributed by atoms with van der Waals surface area (Å²) < 4.78 is 79.4. The second kappa shape index (κ2) is 11.0. The minimum atomic E-state index is -5.20. The van der Waals surface area contributed by atoms with Gasteiger partial charge in [-0.25, -0.2) is 16.8 Å². The van der Waals surface area contributed by atoms with Gasteiger partial charge in [0.15, 0.2) is 11.5 Å². The van der Waals surface area contributed by atoms with E-state index in [0.29, 0.717) is 30.6 Å². The monoisotopic (exact) mass is 598 g/mol. The molecule has 170 valence electrons. The van der Waals surface area contributed by atoms with Crippen molar-refractivity contribution in [1.29, 1.82) is 0 Å². The molecule has 2 aromatic heterocycles. The van der Waals surface area contributed by atoms with Crippen LogP contribution in [-0.4, -0.2) is 25.9 Å². The standard InChI is InChI=1S/C18H12Cl2O8S4.2Na/c1-7-11(19)5-3-9-13(27-31(21,22)23)17(29-15(7)9)18-14(28-32(24,25)26)10-4-6-12(20)8(2)16(10)30-18;;/h3-6H,1-2H3,(H,21,22,23)(H,24,25,26);;/q;2*+1/p-2. The second-order valence-corrected chi connectivity index (χ2v) is 11.4. The summed E-state index contributed by atoms with van der Waals surface area (Å²) >= 11 is 14.4. The van der Waals surface area contributed by atoms with E-state index in [1.54, 1.807) is 13.8 Å². The van der Waals surface area contributed by atoms with Crippen molar-refractivity contribution in [2.75, 3.05) is 0 Å². The van der Waals surface area contributed by atoms with Crippen LogP contribution in [0.4, 0.5) is 0 Å². The van der Waals surface area contributed by atoms with Gasteiger partial charge in [-0.15, -0.1) is 22.7 Å². The second-order valence-electron chi connectivity index (χ2n) is 6.60. The number of fused-ring (bicyclic) bond motifs is 2. The van der Waals surface area contributed by atoms with Crippen LogP contribution in [-0.2, 0) is 20.8 Å². The van der Waals surface area contributed by atoms with Gasteiger partial charge in [0.2, 0.25) is 0 Å². The number of hydrogen-bond donors (Lipinski definition) is 0. The van der Waals surface area contributed by atoms with Gasteiger partial charge in [0.05, 0.1) is 9.75 Å². The van der Waals surface area contributed by atoms with E-state index in [1.807, 2.05) is 0 Å². The molecule has 0 spiro atoms. The fourth-order valence-corrected chi connectivity index (χ4v) is 7.04. The summed E-state index contributed by atoms with van der Waals surface area (Å²) in [6, 6.07) is 5.97. The van der Waals surface area contributed by atoms with Gasteiger partial charge < -0.3 is 17.5 Å². The summed E-state index contributed by atoms with van der Waals surface area (Å²) in [7, 11) is -10.4. The molecule has 0 amide bonds. The third-order valence-electron chi connectivity index (χ3n) is 4.57. The van der Waals surface area contributed by atoms with Crippen molar-refractivity contribution in [1.82, 2.24) is 0 Å². The molecule has 8 nitrogen and oxygen atoms in total. The molecule has 2 heterocycles. The number of hydrogen-bond acceptors (Lipinski definition) is 10. The molecule has 16 heteroatoms. The van der Waals surface area contributed by atoms with Crippen LogP contribution >= 0.6 is 45.9 Å². The van der Waals surface area contributed by atoms with Gasteiger partial charge in [-0.3, -0.25) is 0 Å². The van der Waals surface area contributed by atoms with Gasteiger partial charge in [-0.2, -0.15) is 0 Å². The minimum Gasteiger partial charge on any atom is -0.716 e. The Morgan fingerprint density at radius 1 is 0.706 bits per heavy atom. The first kappa shape index (κ1) is 30.6. The Balaban J connectivity index is 0.00000204. The van der Waals surface area contributed by atoms with Gasteiger partial charge in [-0.05, 0) is 49.2 Å². The third kappa shape index (κ3) is 6.08. The first-order valence-corrected chi connectivity index (χ1v) is 13.6. The molecule has 0 saturated heterocycles. The van der Waals surface area contributed by atoms with E-state index in [9.17, 15) is 25.9 Å². The number of aryl methyl sites for hydroxylation is 2. The number of rotatable bonds is 5. The average Bonchev–Trinajstić information content (AvgIpc) is 3.18. The minimum absolute atomic E-state index is 0. The molecule has 0 aliphatic heterocycles. The SMILES string of the molecule is Cc1c(Cl)ccc2c(OS(=O)(=O)[O-])c(-c3sc4c(C)c(Cl)ccc4c3OS(=O)(=O)[O-])sc12.[Na+].[Na+]. The van der Waals surface area contributed by atoms with Crippen molar-refractivity contribution >= 4 is 86.8 Å². The fourth-order valence-electron chi connectivity index (χ4n) is 3.17. The Bertz CT molecular complexity index is 1510. The van der Waals surface area contributed by atoms with E-state index in [2.05, 4.69) is 0 Å². The molecule has 0 saturated carbocycles. The summed E-state index contributed by atoms with van der Waals surface area (Å²) in [5, 5.41) is 1.32. The molecule has 0 aliphatic rings. The molecular weight excluding hydrogens is 589 g/mol. The van der Waals surface area contributed by atoms with Crippen LogP contribution < -0.4 is 67.5 Å². The van der Waals surface area contributed by atoms with Crippen LogP contribution in [0.2, 0.25) is 10.0 Å². The Morgan fingerprint density at radius 3 is 1.32 bits per heavy atom. The van der Waals surface area contributed by atoms with Crippen molar-refractivity contribution in [2.45, 2.75) is 13.8 Å². The molecule has 0 atom stereocenters. The van der Waals surface area contributed by atoms with E-state index >= 15 is 0 Å². The molecule has 0 fully saturated rings. The van der Waals surface area contributed by atoms with Crippen LogP contribution in [0.1, 0.15) is 11.1 Å². The van der Waals surface area contributed by atoms with Crippen LogP contribution in [0.5, 0.6) is 11.5 Å². The topological polar surface area (TPSA) is 133 Å². The van der Waals surface area contributed by atoms with Gasteiger partial charge in [0.25, 0.3) is 20.8 Å². The van der Waals surface area contributed by atoms with Gasteiger partial charge in [0.1, 0.15) is 0 Å². The number of halogens is 2. The maximum atomic E-state index is 11.5. The zero-order valence-corrected chi connectivity index (χ0v) is 26.7. The average molecular weight is 599 g/mol. The maximum absolute atomic E-state index is 11.5. The molecule has 4 rings (SSSR count). The summed E-state index contributed by atoms with van der Waals surface area (Å²) in [6.45, 7) is 3.38.